The van der Waals surface area contributed by atoms with Gasteiger partial charge in [0.25, 0.3) is 0 Å². The Hall–Kier alpha value is -0.640. The van der Waals surface area contributed by atoms with Gasteiger partial charge in [0.15, 0.2) is 0 Å². The molecule has 0 fully saturated rings. The van der Waals surface area contributed by atoms with E-state index in [-0.39, 0.29) is 0 Å². The number of alkyl halides is 1. The lowest BCUT2D eigenvalue weighted by Gasteiger charge is -2.20. The lowest BCUT2D eigenvalue weighted by molar-refractivity contribution is 0.704. The Morgan fingerprint density at radius 3 is 2.94 bits per heavy atom. The van der Waals surface area contributed by atoms with Crippen LogP contribution in [0.15, 0.2) is 6.33 Å². The van der Waals surface area contributed by atoms with E-state index in [0.29, 0.717) is 0 Å². The molecule has 1 heterocycles. The van der Waals surface area contributed by atoms with Crippen molar-refractivity contribution in [3.8, 4) is 0 Å². The van der Waals surface area contributed by atoms with E-state index in [1.54, 1.807) is 6.33 Å². The first kappa shape index (κ1) is 12.8. The van der Waals surface area contributed by atoms with E-state index in [1.165, 1.54) is 36.9 Å². The zero-order chi connectivity index (χ0) is 12.1. The molecule has 4 heteroatoms. The Bertz CT molecular complexity index is 368. The molecule has 1 aliphatic carbocycles. The second-order valence-electron chi connectivity index (χ2n) is 4.65. The normalized spacial score (nSPS) is 13.8. The topological polar surface area (TPSA) is 29.0 Å². The number of aryl methyl sites for hydroxylation is 1. The van der Waals surface area contributed by atoms with Crippen LogP contribution in [0.4, 0.5) is 5.82 Å². The van der Waals surface area contributed by atoms with Crippen molar-refractivity contribution in [1.82, 2.24) is 9.97 Å². The maximum atomic E-state index is 4.45. The van der Waals surface area contributed by atoms with E-state index in [4.69, 9.17) is 0 Å². The standard InChI is InChI=1S/C13H20BrN3/c1-17(9-4-2-3-8-14)13-11-6-5-7-12(11)15-10-16-13/h10H,2-9H2,1H3. The lowest BCUT2D eigenvalue weighted by atomic mass is 10.2. The van der Waals surface area contributed by atoms with Crippen LogP contribution in [-0.4, -0.2) is 28.9 Å². The monoisotopic (exact) mass is 297 g/mol. The van der Waals surface area contributed by atoms with Gasteiger partial charge in [0.05, 0.1) is 0 Å². The fourth-order valence-electron chi connectivity index (χ4n) is 2.40. The van der Waals surface area contributed by atoms with Crippen molar-refractivity contribution in [1.29, 1.82) is 0 Å². The number of rotatable bonds is 6. The van der Waals surface area contributed by atoms with Crippen LogP contribution in [-0.2, 0) is 12.8 Å². The summed E-state index contributed by atoms with van der Waals surface area (Å²) in [6, 6.07) is 0. The minimum atomic E-state index is 1.09. The van der Waals surface area contributed by atoms with Crippen LogP contribution < -0.4 is 4.90 Å². The number of hydrogen-bond donors (Lipinski definition) is 0. The maximum absolute atomic E-state index is 4.45. The fraction of sp³-hybridized carbons (Fsp3) is 0.692. The van der Waals surface area contributed by atoms with Crippen molar-refractivity contribution in [3.05, 3.63) is 17.6 Å². The van der Waals surface area contributed by atoms with Gasteiger partial charge < -0.3 is 4.90 Å². The third-order valence-corrected chi connectivity index (χ3v) is 3.90. The lowest BCUT2D eigenvalue weighted by Crippen LogP contribution is -2.21. The fourth-order valence-corrected chi connectivity index (χ4v) is 2.79. The second-order valence-corrected chi connectivity index (χ2v) is 5.44. The summed E-state index contributed by atoms with van der Waals surface area (Å²) in [7, 11) is 2.15. The molecule has 0 amide bonds. The summed E-state index contributed by atoms with van der Waals surface area (Å²) < 4.78 is 0. The Kier molecular flexibility index (Phi) is 4.77. The van der Waals surface area contributed by atoms with Gasteiger partial charge in [-0.25, -0.2) is 9.97 Å². The molecule has 17 heavy (non-hydrogen) atoms. The van der Waals surface area contributed by atoms with Gasteiger partial charge in [-0.15, -0.1) is 0 Å². The summed E-state index contributed by atoms with van der Waals surface area (Å²) in [6.07, 6.45) is 9.01. The predicted molar refractivity (Wildman–Crippen MR) is 75.0 cm³/mol. The SMILES string of the molecule is CN(CCCCCBr)c1ncnc2c1CCC2. The molecule has 3 nitrogen and oxygen atoms in total. The van der Waals surface area contributed by atoms with Gasteiger partial charge in [0.1, 0.15) is 12.1 Å². The van der Waals surface area contributed by atoms with Crippen LogP contribution in [0.3, 0.4) is 0 Å². The number of unbranched alkanes of at least 4 members (excludes halogenated alkanes) is 2. The molecule has 2 rings (SSSR count). The summed E-state index contributed by atoms with van der Waals surface area (Å²) in [5, 5.41) is 1.11. The zero-order valence-corrected chi connectivity index (χ0v) is 12.0. The number of aromatic nitrogens is 2. The molecule has 1 aliphatic rings. The Morgan fingerprint density at radius 1 is 1.24 bits per heavy atom. The van der Waals surface area contributed by atoms with E-state index >= 15 is 0 Å². The van der Waals surface area contributed by atoms with Gasteiger partial charge in [-0.3, -0.25) is 0 Å². The smallest absolute Gasteiger partial charge is 0.135 e. The first-order valence-electron chi connectivity index (χ1n) is 6.43. The number of halogens is 1. The number of nitrogens with zero attached hydrogens (tertiary/aromatic N) is 3. The summed E-state index contributed by atoms with van der Waals surface area (Å²) in [4.78, 5) is 11.1. The van der Waals surface area contributed by atoms with Crippen LogP contribution in [0, 0.1) is 0 Å². The van der Waals surface area contributed by atoms with Crippen LogP contribution in [0.2, 0.25) is 0 Å². The van der Waals surface area contributed by atoms with Gasteiger partial charge in [-0.2, -0.15) is 0 Å². The summed E-state index contributed by atoms with van der Waals surface area (Å²) in [5.41, 5.74) is 2.65. The highest BCUT2D eigenvalue weighted by molar-refractivity contribution is 9.09. The van der Waals surface area contributed by atoms with Crippen molar-refractivity contribution in [3.63, 3.8) is 0 Å². The Balaban J connectivity index is 1.95. The molecule has 0 radical (unpaired) electrons. The predicted octanol–water partition coefficient (Wildman–Crippen LogP) is 2.97. The molecule has 0 spiro atoms. The van der Waals surface area contributed by atoms with E-state index < -0.39 is 0 Å². The zero-order valence-electron chi connectivity index (χ0n) is 10.5. The molecule has 94 valence electrons. The summed E-state index contributed by atoms with van der Waals surface area (Å²) in [5.74, 6) is 1.16. The Labute approximate surface area is 112 Å². The molecule has 0 aromatic carbocycles. The Morgan fingerprint density at radius 2 is 2.12 bits per heavy atom. The average Bonchev–Trinajstić information content (AvgIpc) is 2.82. The molecule has 0 atom stereocenters. The molecule has 0 bridgehead atoms. The van der Waals surface area contributed by atoms with Gasteiger partial charge in [-0.05, 0) is 32.1 Å². The van der Waals surface area contributed by atoms with Crippen molar-refractivity contribution < 1.29 is 0 Å². The van der Waals surface area contributed by atoms with Crippen LogP contribution >= 0.6 is 15.9 Å². The van der Waals surface area contributed by atoms with Crippen molar-refractivity contribution >= 4 is 21.7 Å². The van der Waals surface area contributed by atoms with E-state index in [1.807, 2.05) is 0 Å². The molecule has 0 N–H and O–H groups in total. The molecule has 0 unspecified atom stereocenters. The first-order chi connectivity index (χ1) is 8.33. The summed E-state index contributed by atoms with van der Waals surface area (Å²) in [6.45, 7) is 1.09. The molecule has 0 saturated heterocycles. The van der Waals surface area contributed by atoms with Gasteiger partial charge in [-0.1, -0.05) is 22.4 Å². The summed E-state index contributed by atoms with van der Waals surface area (Å²) >= 11 is 3.47. The van der Waals surface area contributed by atoms with Gasteiger partial charge in [0, 0.05) is 30.2 Å². The van der Waals surface area contributed by atoms with E-state index in [9.17, 15) is 0 Å². The third kappa shape index (κ3) is 3.18. The third-order valence-electron chi connectivity index (χ3n) is 3.34. The van der Waals surface area contributed by atoms with Gasteiger partial charge in [0.2, 0.25) is 0 Å². The highest BCUT2D eigenvalue weighted by Gasteiger charge is 2.18. The van der Waals surface area contributed by atoms with Crippen LogP contribution in [0.25, 0.3) is 0 Å². The van der Waals surface area contributed by atoms with E-state index in [2.05, 4.69) is 37.8 Å². The van der Waals surface area contributed by atoms with E-state index in [0.717, 1.165) is 30.5 Å². The second kappa shape index (κ2) is 6.34. The molecular weight excluding hydrogens is 278 g/mol. The average molecular weight is 298 g/mol. The minimum Gasteiger partial charge on any atom is -0.359 e. The largest absolute Gasteiger partial charge is 0.359 e. The first-order valence-corrected chi connectivity index (χ1v) is 7.55. The minimum absolute atomic E-state index is 1.09. The quantitative estimate of drug-likeness (QED) is 0.597. The number of hydrogen-bond acceptors (Lipinski definition) is 3. The number of fused-ring (bicyclic) bond motifs is 1. The maximum Gasteiger partial charge on any atom is 0.135 e. The molecule has 0 saturated carbocycles. The van der Waals surface area contributed by atoms with Gasteiger partial charge >= 0.3 is 0 Å². The van der Waals surface area contributed by atoms with Crippen LogP contribution in [0.1, 0.15) is 36.9 Å². The molecular formula is C13H20BrN3. The molecule has 1 aromatic heterocycles. The molecule has 0 aliphatic heterocycles. The van der Waals surface area contributed by atoms with Crippen molar-refractivity contribution in [2.24, 2.45) is 0 Å². The van der Waals surface area contributed by atoms with Crippen LogP contribution in [0.5, 0.6) is 0 Å². The highest BCUT2D eigenvalue weighted by atomic mass is 79.9. The highest BCUT2D eigenvalue weighted by Crippen LogP contribution is 2.27. The van der Waals surface area contributed by atoms with Crippen molar-refractivity contribution in [2.75, 3.05) is 23.8 Å². The number of anilines is 1. The molecule has 1 aromatic rings. The van der Waals surface area contributed by atoms with Crippen molar-refractivity contribution in [2.45, 2.75) is 38.5 Å².